The zero-order chi connectivity index (χ0) is 17.7. The van der Waals surface area contributed by atoms with Crippen LogP contribution >= 0.6 is 0 Å². The Kier molecular flexibility index (Phi) is 5.39. The third kappa shape index (κ3) is 4.22. The summed E-state index contributed by atoms with van der Waals surface area (Å²) in [6.45, 7) is 11.7. The van der Waals surface area contributed by atoms with Crippen molar-refractivity contribution >= 4 is 5.91 Å². The first-order valence-electron chi connectivity index (χ1n) is 7.80. The first-order chi connectivity index (χ1) is 11.3. The number of carbonyl (C=O) groups excluding carboxylic acids is 1. The van der Waals surface area contributed by atoms with Gasteiger partial charge in [-0.15, -0.1) is 0 Å². The maximum absolute atomic E-state index is 12.5. The van der Waals surface area contributed by atoms with Gasteiger partial charge in [-0.1, -0.05) is 50.7 Å². The van der Waals surface area contributed by atoms with E-state index in [9.17, 15) is 4.79 Å². The van der Waals surface area contributed by atoms with Crippen LogP contribution in [-0.2, 0) is 5.41 Å². The molecular formula is C18H23N3O3. The van der Waals surface area contributed by atoms with E-state index >= 15 is 0 Å². The van der Waals surface area contributed by atoms with Crippen LogP contribution in [-0.4, -0.2) is 22.7 Å². The summed E-state index contributed by atoms with van der Waals surface area (Å²) in [5.74, 6) is 1.21. The standard InChI is InChI=1S/C18H23N3O3/c1-6-11-23-14-10-8-7-9-13(14)15(22)19-12(2)16-20-17(21-24-16)18(3,4)5/h6-10,12H,1,11H2,2-5H3,(H,19,22)/t12-/m0/s1. The minimum atomic E-state index is -0.409. The Morgan fingerprint density at radius 1 is 1.42 bits per heavy atom. The van der Waals surface area contributed by atoms with E-state index in [0.717, 1.165) is 0 Å². The van der Waals surface area contributed by atoms with Crippen molar-refractivity contribution in [3.8, 4) is 5.75 Å². The quantitative estimate of drug-likeness (QED) is 0.822. The Morgan fingerprint density at radius 2 is 2.12 bits per heavy atom. The third-order valence-electron chi connectivity index (χ3n) is 3.32. The van der Waals surface area contributed by atoms with Crippen LogP contribution in [0.4, 0.5) is 0 Å². The molecule has 0 saturated carbocycles. The average molecular weight is 329 g/mol. The van der Waals surface area contributed by atoms with Gasteiger partial charge in [0.25, 0.3) is 5.91 Å². The van der Waals surface area contributed by atoms with Crippen molar-refractivity contribution in [1.82, 2.24) is 15.5 Å². The van der Waals surface area contributed by atoms with E-state index in [4.69, 9.17) is 9.26 Å². The highest BCUT2D eigenvalue weighted by molar-refractivity contribution is 5.97. The maximum Gasteiger partial charge on any atom is 0.255 e. The topological polar surface area (TPSA) is 77.2 Å². The second-order valence-corrected chi connectivity index (χ2v) is 6.50. The SMILES string of the molecule is C=CCOc1ccccc1C(=O)N[C@@H](C)c1nc(C(C)(C)C)no1. The molecule has 1 amide bonds. The van der Waals surface area contributed by atoms with Crippen molar-refractivity contribution in [2.45, 2.75) is 39.2 Å². The highest BCUT2D eigenvalue weighted by Crippen LogP contribution is 2.22. The molecule has 0 aliphatic carbocycles. The lowest BCUT2D eigenvalue weighted by molar-refractivity contribution is 0.0929. The Balaban J connectivity index is 2.12. The lowest BCUT2D eigenvalue weighted by atomic mass is 9.96. The third-order valence-corrected chi connectivity index (χ3v) is 3.32. The van der Waals surface area contributed by atoms with E-state index in [1.54, 1.807) is 31.2 Å². The normalized spacial score (nSPS) is 12.5. The summed E-state index contributed by atoms with van der Waals surface area (Å²) in [6, 6.07) is 6.63. The highest BCUT2D eigenvalue weighted by atomic mass is 16.5. The number of aromatic nitrogens is 2. The smallest absolute Gasteiger partial charge is 0.255 e. The van der Waals surface area contributed by atoms with Crippen molar-refractivity contribution in [3.63, 3.8) is 0 Å². The summed E-state index contributed by atoms with van der Waals surface area (Å²) >= 11 is 0. The summed E-state index contributed by atoms with van der Waals surface area (Å²) in [5, 5.41) is 6.83. The minimum absolute atomic E-state index is 0.212. The summed E-state index contributed by atoms with van der Waals surface area (Å²) in [5.41, 5.74) is 0.234. The van der Waals surface area contributed by atoms with Gasteiger partial charge in [0, 0.05) is 5.41 Å². The van der Waals surface area contributed by atoms with Crippen LogP contribution in [0.25, 0.3) is 0 Å². The Morgan fingerprint density at radius 3 is 2.75 bits per heavy atom. The second-order valence-electron chi connectivity index (χ2n) is 6.50. The maximum atomic E-state index is 12.5. The van der Waals surface area contributed by atoms with Crippen molar-refractivity contribution < 1.29 is 14.1 Å². The largest absolute Gasteiger partial charge is 0.489 e. The molecular weight excluding hydrogens is 306 g/mol. The number of para-hydroxylation sites is 1. The Hall–Kier alpha value is -2.63. The van der Waals surface area contributed by atoms with E-state index in [2.05, 4.69) is 22.0 Å². The predicted octanol–water partition coefficient (Wildman–Crippen LogP) is 3.42. The van der Waals surface area contributed by atoms with Gasteiger partial charge in [-0.3, -0.25) is 4.79 Å². The molecule has 6 heteroatoms. The van der Waals surface area contributed by atoms with Crippen LogP contribution in [0.15, 0.2) is 41.4 Å². The minimum Gasteiger partial charge on any atom is -0.489 e. The number of nitrogens with one attached hydrogen (secondary N) is 1. The molecule has 0 saturated heterocycles. The van der Waals surface area contributed by atoms with Gasteiger partial charge in [0.05, 0.1) is 5.56 Å². The number of rotatable bonds is 6. The van der Waals surface area contributed by atoms with Crippen LogP contribution in [0.2, 0.25) is 0 Å². The second kappa shape index (κ2) is 7.29. The van der Waals surface area contributed by atoms with Gasteiger partial charge in [-0.2, -0.15) is 4.98 Å². The number of benzene rings is 1. The molecule has 128 valence electrons. The molecule has 24 heavy (non-hydrogen) atoms. The van der Waals surface area contributed by atoms with Crippen LogP contribution in [0.5, 0.6) is 5.75 Å². The van der Waals surface area contributed by atoms with Gasteiger partial charge in [0.15, 0.2) is 5.82 Å². The Bertz CT molecular complexity index is 716. The van der Waals surface area contributed by atoms with E-state index in [1.165, 1.54) is 0 Å². The molecule has 0 radical (unpaired) electrons. The zero-order valence-electron chi connectivity index (χ0n) is 14.5. The van der Waals surface area contributed by atoms with E-state index in [0.29, 0.717) is 29.6 Å². The van der Waals surface area contributed by atoms with Gasteiger partial charge in [0.2, 0.25) is 5.89 Å². The van der Waals surface area contributed by atoms with Crippen molar-refractivity contribution in [3.05, 3.63) is 54.2 Å². The molecule has 0 aliphatic heterocycles. The summed E-state index contributed by atoms with van der Waals surface area (Å²) in [6.07, 6.45) is 1.63. The fourth-order valence-electron chi connectivity index (χ4n) is 1.98. The van der Waals surface area contributed by atoms with Gasteiger partial charge >= 0.3 is 0 Å². The lowest BCUT2D eigenvalue weighted by Crippen LogP contribution is -2.27. The Labute approximate surface area is 141 Å². The van der Waals surface area contributed by atoms with E-state index in [-0.39, 0.29) is 11.3 Å². The molecule has 1 heterocycles. The molecule has 0 aliphatic rings. The molecule has 0 unspecified atom stereocenters. The molecule has 0 fully saturated rings. The number of hydrogen-bond acceptors (Lipinski definition) is 5. The van der Waals surface area contributed by atoms with Gasteiger partial charge in [-0.05, 0) is 19.1 Å². The number of hydrogen-bond donors (Lipinski definition) is 1. The predicted molar refractivity (Wildman–Crippen MR) is 91.0 cm³/mol. The fraction of sp³-hybridized carbons (Fsp3) is 0.389. The monoisotopic (exact) mass is 329 g/mol. The summed E-state index contributed by atoms with van der Waals surface area (Å²) in [4.78, 5) is 16.9. The summed E-state index contributed by atoms with van der Waals surface area (Å²) < 4.78 is 10.8. The van der Waals surface area contributed by atoms with Crippen molar-refractivity contribution in [2.75, 3.05) is 6.61 Å². The first-order valence-corrected chi connectivity index (χ1v) is 7.80. The van der Waals surface area contributed by atoms with Gasteiger partial charge in [-0.25, -0.2) is 0 Å². The molecule has 1 aromatic heterocycles. The van der Waals surface area contributed by atoms with E-state index in [1.807, 2.05) is 26.8 Å². The number of ether oxygens (including phenoxy) is 1. The molecule has 0 bridgehead atoms. The molecule has 2 rings (SSSR count). The fourth-order valence-corrected chi connectivity index (χ4v) is 1.98. The number of carbonyl (C=O) groups is 1. The summed E-state index contributed by atoms with van der Waals surface area (Å²) in [7, 11) is 0. The zero-order valence-corrected chi connectivity index (χ0v) is 14.5. The van der Waals surface area contributed by atoms with E-state index < -0.39 is 6.04 Å². The van der Waals surface area contributed by atoms with Gasteiger partial charge < -0.3 is 14.6 Å². The number of nitrogens with zero attached hydrogens (tertiary/aromatic N) is 2. The molecule has 1 N–H and O–H groups in total. The lowest BCUT2D eigenvalue weighted by Gasteiger charge is -2.13. The van der Waals surface area contributed by atoms with Crippen molar-refractivity contribution in [2.24, 2.45) is 0 Å². The molecule has 6 nitrogen and oxygen atoms in total. The van der Waals surface area contributed by atoms with Crippen LogP contribution < -0.4 is 10.1 Å². The van der Waals surface area contributed by atoms with Crippen molar-refractivity contribution in [1.29, 1.82) is 0 Å². The highest BCUT2D eigenvalue weighted by Gasteiger charge is 2.24. The first kappa shape index (κ1) is 17.7. The van der Waals surface area contributed by atoms with Crippen LogP contribution in [0.3, 0.4) is 0 Å². The van der Waals surface area contributed by atoms with Crippen LogP contribution in [0, 0.1) is 0 Å². The molecule has 1 atom stereocenters. The molecule has 0 spiro atoms. The average Bonchev–Trinajstić information content (AvgIpc) is 3.03. The molecule has 2 aromatic rings. The number of amides is 1. The van der Waals surface area contributed by atoms with Gasteiger partial charge in [0.1, 0.15) is 18.4 Å². The van der Waals surface area contributed by atoms with Crippen LogP contribution in [0.1, 0.15) is 55.8 Å². The molecule has 1 aromatic carbocycles.